The Labute approximate surface area is 120 Å². The number of esters is 1. The highest BCUT2D eigenvalue weighted by Crippen LogP contribution is 2.42. The minimum Gasteiger partial charge on any atom is -0.506 e. The summed E-state index contributed by atoms with van der Waals surface area (Å²) in [6.45, 7) is 2.30. The SMILES string of the molecule is CCCCOC(=O)c1c(OC)cc(OC)c(Br)c1O. The molecule has 0 spiro atoms. The van der Waals surface area contributed by atoms with E-state index in [2.05, 4.69) is 15.9 Å². The first-order valence-corrected chi connectivity index (χ1v) is 6.66. The summed E-state index contributed by atoms with van der Waals surface area (Å²) >= 11 is 3.17. The Hall–Kier alpha value is -1.43. The van der Waals surface area contributed by atoms with Crippen molar-refractivity contribution in [1.82, 2.24) is 0 Å². The molecule has 0 aliphatic rings. The molecule has 1 N–H and O–H groups in total. The van der Waals surface area contributed by atoms with Crippen LogP contribution in [0.1, 0.15) is 30.1 Å². The third kappa shape index (κ3) is 3.53. The van der Waals surface area contributed by atoms with E-state index in [0.29, 0.717) is 16.8 Å². The van der Waals surface area contributed by atoms with E-state index in [1.807, 2.05) is 6.92 Å². The van der Waals surface area contributed by atoms with Crippen molar-refractivity contribution in [1.29, 1.82) is 0 Å². The van der Waals surface area contributed by atoms with Crippen molar-refractivity contribution in [3.8, 4) is 17.2 Å². The van der Waals surface area contributed by atoms with Crippen LogP contribution >= 0.6 is 15.9 Å². The zero-order valence-electron chi connectivity index (χ0n) is 11.2. The van der Waals surface area contributed by atoms with Gasteiger partial charge >= 0.3 is 5.97 Å². The number of phenols is 1. The maximum absolute atomic E-state index is 11.9. The molecule has 0 unspecified atom stereocenters. The predicted molar refractivity (Wildman–Crippen MR) is 74.1 cm³/mol. The molecule has 6 heteroatoms. The molecule has 0 aromatic heterocycles. The van der Waals surface area contributed by atoms with E-state index in [-0.39, 0.29) is 17.1 Å². The van der Waals surface area contributed by atoms with Crippen LogP contribution in [0.5, 0.6) is 17.2 Å². The fourth-order valence-electron chi connectivity index (χ4n) is 1.49. The number of ether oxygens (including phenoxy) is 3. The van der Waals surface area contributed by atoms with Crippen molar-refractivity contribution >= 4 is 21.9 Å². The first kappa shape index (κ1) is 15.6. The van der Waals surface area contributed by atoms with Gasteiger partial charge in [-0.15, -0.1) is 0 Å². The van der Waals surface area contributed by atoms with Gasteiger partial charge in [0.25, 0.3) is 0 Å². The minimum absolute atomic E-state index is 0.00808. The Morgan fingerprint density at radius 1 is 1.32 bits per heavy atom. The number of unbranched alkanes of at least 4 members (excludes halogenated alkanes) is 1. The highest BCUT2D eigenvalue weighted by molar-refractivity contribution is 9.10. The lowest BCUT2D eigenvalue weighted by Gasteiger charge is -2.14. The Kier molecular flexibility index (Phi) is 5.95. The van der Waals surface area contributed by atoms with Crippen LogP contribution in [0, 0.1) is 0 Å². The van der Waals surface area contributed by atoms with Gasteiger partial charge in [0.1, 0.15) is 21.5 Å². The molecule has 0 radical (unpaired) electrons. The molecule has 0 amide bonds. The molecule has 1 rings (SSSR count). The number of methoxy groups -OCH3 is 2. The van der Waals surface area contributed by atoms with Crippen molar-refractivity contribution in [2.45, 2.75) is 19.8 Å². The fourth-order valence-corrected chi connectivity index (χ4v) is 1.96. The van der Waals surface area contributed by atoms with Gasteiger partial charge in [0.15, 0.2) is 5.75 Å². The summed E-state index contributed by atoms with van der Waals surface area (Å²) in [7, 11) is 2.86. The standard InChI is InChI=1S/C13H17BrO5/c1-4-5-6-19-13(16)10-8(17-2)7-9(18-3)11(14)12(10)15/h7,15H,4-6H2,1-3H3. The van der Waals surface area contributed by atoms with E-state index in [9.17, 15) is 9.90 Å². The van der Waals surface area contributed by atoms with Crippen LogP contribution in [0.15, 0.2) is 10.5 Å². The molecule has 0 saturated carbocycles. The van der Waals surface area contributed by atoms with Crippen LogP contribution in [-0.2, 0) is 4.74 Å². The second kappa shape index (κ2) is 7.23. The number of hydrogen-bond acceptors (Lipinski definition) is 5. The maximum Gasteiger partial charge on any atom is 0.345 e. The van der Waals surface area contributed by atoms with Crippen LogP contribution in [0.25, 0.3) is 0 Å². The van der Waals surface area contributed by atoms with Gasteiger partial charge in [-0.25, -0.2) is 4.79 Å². The zero-order chi connectivity index (χ0) is 14.4. The van der Waals surface area contributed by atoms with Gasteiger partial charge < -0.3 is 19.3 Å². The molecule has 1 aromatic rings. The second-order valence-corrected chi connectivity index (χ2v) is 4.60. The van der Waals surface area contributed by atoms with Crippen LogP contribution in [-0.4, -0.2) is 31.9 Å². The Morgan fingerprint density at radius 3 is 2.47 bits per heavy atom. The average molecular weight is 333 g/mol. The topological polar surface area (TPSA) is 65.0 Å². The first-order chi connectivity index (χ1) is 9.06. The number of halogens is 1. The summed E-state index contributed by atoms with van der Waals surface area (Å²) in [5.74, 6) is -0.289. The van der Waals surface area contributed by atoms with Gasteiger partial charge in [0, 0.05) is 6.07 Å². The lowest BCUT2D eigenvalue weighted by atomic mass is 10.1. The molecular weight excluding hydrogens is 316 g/mol. The maximum atomic E-state index is 11.9. The molecule has 0 bridgehead atoms. The van der Waals surface area contributed by atoms with Gasteiger partial charge in [-0.3, -0.25) is 0 Å². The molecule has 5 nitrogen and oxygen atoms in total. The Morgan fingerprint density at radius 2 is 1.95 bits per heavy atom. The molecule has 0 atom stereocenters. The molecular formula is C13H17BrO5. The lowest BCUT2D eigenvalue weighted by Crippen LogP contribution is -2.09. The van der Waals surface area contributed by atoms with E-state index in [0.717, 1.165) is 12.8 Å². The van der Waals surface area contributed by atoms with Gasteiger partial charge in [-0.05, 0) is 22.4 Å². The highest BCUT2D eigenvalue weighted by Gasteiger charge is 2.24. The number of carbonyl (C=O) groups is 1. The number of rotatable bonds is 6. The minimum atomic E-state index is -0.619. The van der Waals surface area contributed by atoms with Crippen LogP contribution in [0.4, 0.5) is 0 Å². The van der Waals surface area contributed by atoms with Crippen molar-refractivity contribution in [3.63, 3.8) is 0 Å². The summed E-state index contributed by atoms with van der Waals surface area (Å²) in [6, 6.07) is 1.51. The predicted octanol–water partition coefficient (Wildman–Crippen LogP) is 3.13. The molecule has 1 aromatic carbocycles. The van der Waals surface area contributed by atoms with Crippen molar-refractivity contribution in [3.05, 3.63) is 16.1 Å². The molecule has 19 heavy (non-hydrogen) atoms. The largest absolute Gasteiger partial charge is 0.506 e. The number of benzene rings is 1. The average Bonchev–Trinajstić information content (AvgIpc) is 2.41. The number of hydrogen-bond donors (Lipinski definition) is 1. The van der Waals surface area contributed by atoms with Crippen LogP contribution < -0.4 is 9.47 Å². The first-order valence-electron chi connectivity index (χ1n) is 5.87. The fraction of sp³-hybridized carbons (Fsp3) is 0.462. The van der Waals surface area contributed by atoms with Gasteiger partial charge in [-0.1, -0.05) is 13.3 Å². The Balaban J connectivity index is 3.11. The summed E-state index contributed by atoms with van der Waals surface area (Å²) in [6.07, 6.45) is 1.69. The van der Waals surface area contributed by atoms with E-state index in [1.54, 1.807) is 0 Å². The molecule has 0 fully saturated rings. The lowest BCUT2D eigenvalue weighted by molar-refractivity contribution is 0.0492. The highest BCUT2D eigenvalue weighted by atomic mass is 79.9. The monoisotopic (exact) mass is 332 g/mol. The van der Waals surface area contributed by atoms with Gasteiger partial charge in [0.2, 0.25) is 0 Å². The Bertz CT molecular complexity index is 459. The summed E-state index contributed by atoms with van der Waals surface area (Å²) in [5.41, 5.74) is -0.00808. The van der Waals surface area contributed by atoms with Gasteiger partial charge in [-0.2, -0.15) is 0 Å². The molecule has 0 heterocycles. The normalized spacial score (nSPS) is 10.1. The summed E-state index contributed by atoms with van der Waals surface area (Å²) in [5, 5.41) is 10.0. The summed E-state index contributed by atoms with van der Waals surface area (Å²) < 4.78 is 15.5. The number of carbonyl (C=O) groups excluding carboxylic acids is 1. The van der Waals surface area contributed by atoms with E-state index in [4.69, 9.17) is 14.2 Å². The van der Waals surface area contributed by atoms with Crippen molar-refractivity contribution in [2.75, 3.05) is 20.8 Å². The third-order valence-corrected chi connectivity index (χ3v) is 3.31. The van der Waals surface area contributed by atoms with Crippen molar-refractivity contribution < 1.29 is 24.1 Å². The van der Waals surface area contributed by atoms with Crippen molar-refractivity contribution in [2.24, 2.45) is 0 Å². The van der Waals surface area contributed by atoms with Crippen LogP contribution in [0.2, 0.25) is 0 Å². The molecule has 0 saturated heterocycles. The zero-order valence-corrected chi connectivity index (χ0v) is 12.7. The molecule has 0 aliphatic heterocycles. The van der Waals surface area contributed by atoms with E-state index in [1.165, 1.54) is 20.3 Å². The quantitative estimate of drug-likeness (QED) is 0.640. The summed E-state index contributed by atoms with van der Waals surface area (Å²) in [4.78, 5) is 11.9. The van der Waals surface area contributed by atoms with E-state index < -0.39 is 5.97 Å². The third-order valence-electron chi connectivity index (χ3n) is 2.54. The number of aromatic hydroxyl groups is 1. The second-order valence-electron chi connectivity index (χ2n) is 3.81. The van der Waals surface area contributed by atoms with Gasteiger partial charge in [0.05, 0.1) is 20.8 Å². The van der Waals surface area contributed by atoms with Crippen LogP contribution in [0.3, 0.4) is 0 Å². The molecule has 0 aliphatic carbocycles. The van der Waals surface area contributed by atoms with E-state index >= 15 is 0 Å². The molecule has 106 valence electrons. The number of phenolic OH excluding ortho intramolecular Hbond substituents is 1. The smallest absolute Gasteiger partial charge is 0.345 e.